The van der Waals surface area contributed by atoms with Crippen molar-refractivity contribution in [1.82, 2.24) is 9.80 Å². The molecule has 0 aliphatic carbocycles. The van der Waals surface area contributed by atoms with Gasteiger partial charge >= 0.3 is 12.0 Å². The average molecular weight is 284 g/mol. The van der Waals surface area contributed by atoms with Gasteiger partial charge in [-0.15, -0.1) is 0 Å². The molecule has 0 radical (unpaired) electrons. The lowest BCUT2D eigenvalue weighted by Crippen LogP contribution is -2.51. The van der Waals surface area contributed by atoms with Gasteiger partial charge in [0.1, 0.15) is 0 Å². The highest BCUT2D eigenvalue weighted by atomic mass is 16.5. The van der Waals surface area contributed by atoms with Crippen LogP contribution in [0.1, 0.15) is 27.2 Å². The highest BCUT2D eigenvalue weighted by molar-refractivity contribution is 5.80. The number of amides is 2. The Bertz CT molecular complexity index is 399. The van der Waals surface area contributed by atoms with E-state index in [9.17, 15) is 14.7 Å². The minimum atomic E-state index is -0.798. The Morgan fingerprint density at radius 2 is 2.00 bits per heavy atom. The van der Waals surface area contributed by atoms with E-state index in [0.717, 1.165) is 0 Å². The van der Waals surface area contributed by atoms with Crippen molar-refractivity contribution in [3.05, 3.63) is 0 Å². The summed E-state index contributed by atoms with van der Waals surface area (Å²) in [4.78, 5) is 27.5. The number of aliphatic carboxylic acids is 1. The molecule has 2 saturated heterocycles. The van der Waals surface area contributed by atoms with Crippen LogP contribution >= 0.6 is 0 Å². The van der Waals surface area contributed by atoms with Gasteiger partial charge in [-0.2, -0.15) is 0 Å². The zero-order valence-electron chi connectivity index (χ0n) is 12.5. The van der Waals surface area contributed by atoms with E-state index in [1.54, 1.807) is 9.80 Å². The number of urea groups is 1. The molecule has 6 nitrogen and oxygen atoms in total. The molecule has 0 aromatic rings. The maximum atomic E-state index is 12.5. The molecular formula is C14H24N2O4. The van der Waals surface area contributed by atoms with Gasteiger partial charge in [-0.25, -0.2) is 4.79 Å². The van der Waals surface area contributed by atoms with E-state index < -0.39 is 11.4 Å². The predicted octanol–water partition coefficient (Wildman–Crippen LogP) is 1.26. The Morgan fingerprint density at radius 1 is 1.30 bits per heavy atom. The molecule has 0 saturated carbocycles. The highest BCUT2D eigenvalue weighted by Gasteiger charge is 2.49. The first-order valence-corrected chi connectivity index (χ1v) is 7.25. The topological polar surface area (TPSA) is 70.1 Å². The number of nitrogens with zero attached hydrogens (tertiary/aromatic N) is 2. The molecule has 2 aliphatic rings. The van der Waals surface area contributed by atoms with Crippen molar-refractivity contribution < 1.29 is 19.4 Å². The molecule has 20 heavy (non-hydrogen) atoms. The molecular weight excluding hydrogens is 260 g/mol. The second-order valence-corrected chi connectivity index (χ2v) is 6.20. The van der Waals surface area contributed by atoms with Gasteiger partial charge in [0.25, 0.3) is 0 Å². The molecule has 1 N–H and O–H groups in total. The molecule has 0 spiro atoms. The molecule has 2 aliphatic heterocycles. The number of likely N-dealkylation sites (tertiary alicyclic amines) is 1. The van der Waals surface area contributed by atoms with Crippen molar-refractivity contribution >= 4 is 12.0 Å². The van der Waals surface area contributed by atoms with Crippen molar-refractivity contribution in [2.45, 2.75) is 33.3 Å². The number of carboxylic acid groups (broad SMARTS) is 1. The molecule has 2 atom stereocenters. The van der Waals surface area contributed by atoms with Crippen LogP contribution in [-0.2, 0) is 9.53 Å². The van der Waals surface area contributed by atoms with E-state index in [1.165, 1.54) is 0 Å². The summed E-state index contributed by atoms with van der Waals surface area (Å²) >= 11 is 0. The lowest BCUT2D eigenvalue weighted by atomic mass is 9.76. The number of hydrogen-bond donors (Lipinski definition) is 1. The standard InChI is InChI=1S/C14H24N2O4/c1-10(2)14(12(17)18)4-5-16(9-14)13(19)15-6-7-20-11(3)8-15/h10-11H,4-9H2,1-3H3,(H,17,18). The number of morpholine rings is 1. The van der Waals surface area contributed by atoms with Crippen molar-refractivity contribution in [1.29, 1.82) is 0 Å². The van der Waals surface area contributed by atoms with Crippen LogP contribution in [0.15, 0.2) is 0 Å². The van der Waals surface area contributed by atoms with Gasteiger partial charge in [-0.3, -0.25) is 4.79 Å². The summed E-state index contributed by atoms with van der Waals surface area (Å²) in [6.45, 7) is 8.32. The SMILES string of the molecule is CC1CN(C(=O)N2CCC(C(=O)O)(C(C)C)C2)CCO1. The van der Waals surface area contributed by atoms with Gasteiger partial charge in [0.05, 0.1) is 18.1 Å². The average Bonchev–Trinajstić information content (AvgIpc) is 2.84. The molecule has 2 fully saturated rings. The molecule has 0 aromatic carbocycles. The molecule has 6 heteroatoms. The Morgan fingerprint density at radius 3 is 2.50 bits per heavy atom. The lowest BCUT2D eigenvalue weighted by molar-refractivity contribution is -0.150. The Hall–Kier alpha value is -1.30. The Kier molecular flexibility index (Phi) is 4.22. The normalized spacial score (nSPS) is 30.9. The van der Waals surface area contributed by atoms with Gasteiger partial charge in [-0.05, 0) is 19.3 Å². The van der Waals surface area contributed by atoms with Crippen LogP contribution in [0.2, 0.25) is 0 Å². The first kappa shape index (κ1) is 15.1. The van der Waals surface area contributed by atoms with Gasteiger partial charge in [0.15, 0.2) is 0 Å². The van der Waals surface area contributed by atoms with E-state index in [1.807, 2.05) is 20.8 Å². The fourth-order valence-electron chi connectivity index (χ4n) is 3.08. The first-order valence-electron chi connectivity index (χ1n) is 7.25. The van der Waals surface area contributed by atoms with E-state index in [2.05, 4.69) is 0 Å². The number of rotatable bonds is 2. The minimum Gasteiger partial charge on any atom is -0.481 e. The van der Waals surface area contributed by atoms with Gasteiger partial charge in [-0.1, -0.05) is 13.8 Å². The zero-order valence-corrected chi connectivity index (χ0v) is 12.5. The van der Waals surface area contributed by atoms with Crippen molar-refractivity contribution in [2.24, 2.45) is 11.3 Å². The number of carboxylic acids is 1. The van der Waals surface area contributed by atoms with E-state index >= 15 is 0 Å². The minimum absolute atomic E-state index is 0.0152. The van der Waals surface area contributed by atoms with Crippen LogP contribution in [-0.4, -0.2) is 65.8 Å². The summed E-state index contributed by atoms with van der Waals surface area (Å²) in [6.07, 6.45) is 0.579. The van der Waals surface area contributed by atoms with Gasteiger partial charge < -0.3 is 19.6 Å². The predicted molar refractivity (Wildman–Crippen MR) is 73.5 cm³/mol. The molecule has 0 aromatic heterocycles. The fourth-order valence-corrected chi connectivity index (χ4v) is 3.08. The molecule has 0 bridgehead atoms. The fraction of sp³-hybridized carbons (Fsp3) is 0.857. The van der Waals surface area contributed by atoms with Crippen LogP contribution in [0.4, 0.5) is 4.79 Å². The first-order chi connectivity index (χ1) is 9.36. The molecule has 2 rings (SSSR count). The number of ether oxygens (including phenoxy) is 1. The monoisotopic (exact) mass is 284 g/mol. The summed E-state index contributed by atoms with van der Waals surface area (Å²) in [5.74, 6) is -0.778. The third-order valence-electron chi connectivity index (χ3n) is 4.61. The van der Waals surface area contributed by atoms with E-state index in [0.29, 0.717) is 39.2 Å². The maximum Gasteiger partial charge on any atom is 0.320 e. The Labute approximate surface area is 119 Å². The lowest BCUT2D eigenvalue weighted by Gasteiger charge is -2.35. The second-order valence-electron chi connectivity index (χ2n) is 6.20. The van der Waals surface area contributed by atoms with Crippen LogP contribution in [0.3, 0.4) is 0 Å². The quantitative estimate of drug-likeness (QED) is 0.828. The molecule has 2 amide bonds. The van der Waals surface area contributed by atoms with Crippen molar-refractivity contribution in [3.63, 3.8) is 0 Å². The summed E-state index contributed by atoms with van der Waals surface area (Å²) < 4.78 is 5.43. The summed E-state index contributed by atoms with van der Waals surface area (Å²) in [7, 11) is 0. The van der Waals surface area contributed by atoms with Gasteiger partial charge in [0, 0.05) is 26.2 Å². The molecule has 2 unspecified atom stereocenters. The van der Waals surface area contributed by atoms with Crippen LogP contribution in [0, 0.1) is 11.3 Å². The summed E-state index contributed by atoms with van der Waals surface area (Å²) in [5, 5.41) is 9.51. The molecule has 114 valence electrons. The zero-order chi connectivity index (χ0) is 14.9. The highest BCUT2D eigenvalue weighted by Crippen LogP contribution is 2.38. The smallest absolute Gasteiger partial charge is 0.320 e. The summed E-state index contributed by atoms with van der Waals surface area (Å²) in [6, 6.07) is -0.0519. The number of carbonyl (C=O) groups excluding carboxylic acids is 1. The summed E-state index contributed by atoms with van der Waals surface area (Å²) in [5.41, 5.74) is -0.798. The maximum absolute atomic E-state index is 12.5. The van der Waals surface area contributed by atoms with Crippen LogP contribution < -0.4 is 0 Å². The number of hydrogen-bond acceptors (Lipinski definition) is 3. The second kappa shape index (κ2) is 5.60. The van der Waals surface area contributed by atoms with Crippen LogP contribution in [0.5, 0.6) is 0 Å². The van der Waals surface area contributed by atoms with E-state index in [-0.39, 0.29) is 18.1 Å². The third-order valence-corrected chi connectivity index (χ3v) is 4.61. The van der Waals surface area contributed by atoms with Crippen LogP contribution in [0.25, 0.3) is 0 Å². The Balaban J connectivity index is 2.04. The van der Waals surface area contributed by atoms with Crippen molar-refractivity contribution in [2.75, 3.05) is 32.8 Å². The number of carbonyl (C=O) groups is 2. The van der Waals surface area contributed by atoms with E-state index in [4.69, 9.17) is 4.74 Å². The van der Waals surface area contributed by atoms with Gasteiger partial charge in [0.2, 0.25) is 0 Å². The third kappa shape index (κ3) is 2.61. The largest absolute Gasteiger partial charge is 0.481 e. The molecule has 2 heterocycles. The van der Waals surface area contributed by atoms with Crippen molar-refractivity contribution in [3.8, 4) is 0 Å².